The van der Waals surface area contributed by atoms with E-state index in [0.717, 1.165) is 24.9 Å². The molecule has 1 N–H and O–H groups in total. The zero-order valence-electron chi connectivity index (χ0n) is 11.8. The minimum absolute atomic E-state index is 0.0266. The van der Waals surface area contributed by atoms with E-state index in [-0.39, 0.29) is 6.54 Å². The summed E-state index contributed by atoms with van der Waals surface area (Å²) in [6.45, 7) is 1.99. The van der Waals surface area contributed by atoms with E-state index < -0.39 is 5.97 Å². The lowest BCUT2D eigenvalue weighted by Crippen LogP contribution is -2.30. The van der Waals surface area contributed by atoms with Gasteiger partial charge in [0.25, 0.3) is 0 Å². The highest BCUT2D eigenvalue weighted by Gasteiger charge is 2.15. The number of carboxylic acid groups (broad SMARTS) is 1. The van der Waals surface area contributed by atoms with Gasteiger partial charge in [-0.25, -0.2) is 0 Å². The Morgan fingerprint density at radius 2 is 2.35 bits per heavy atom. The van der Waals surface area contributed by atoms with Gasteiger partial charge >= 0.3 is 5.97 Å². The zero-order chi connectivity index (χ0) is 14.5. The van der Waals surface area contributed by atoms with Gasteiger partial charge in [-0.15, -0.1) is 6.42 Å². The van der Waals surface area contributed by atoms with Crippen molar-refractivity contribution in [2.45, 2.75) is 19.4 Å². The van der Waals surface area contributed by atoms with Crippen LogP contribution in [0.3, 0.4) is 0 Å². The predicted octanol–water partition coefficient (Wildman–Crippen LogP) is 1.59. The molecule has 0 fully saturated rings. The molecule has 0 saturated heterocycles. The number of anilines is 1. The van der Waals surface area contributed by atoms with Gasteiger partial charge in [0.2, 0.25) is 0 Å². The summed E-state index contributed by atoms with van der Waals surface area (Å²) < 4.78 is 0. The number of aryl methyl sites for hydroxylation is 1. The van der Waals surface area contributed by atoms with Crippen molar-refractivity contribution in [3.8, 4) is 12.3 Å². The van der Waals surface area contributed by atoms with Crippen molar-refractivity contribution in [2.24, 2.45) is 0 Å². The molecule has 0 atom stereocenters. The van der Waals surface area contributed by atoms with Crippen LogP contribution in [0.2, 0.25) is 0 Å². The summed E-state index contributed by atoms with van der Waals surface area (Å²) in [6, 6.07) is 6.36. The Hall–Kier alpha value is -1.99. The van der Waals surface area contributed by atoms with Crippen LogP contribution in [0.4, 0.5) is 5.69 Å². The van der Waals surface area contributed by atoms with Crippen LogP contribution in [0.1, 0.15) is 17.5 Å². The van der Waals surface area contributed by atoms with E-state index in [4.69, 9.17) is 11.5 Å². The van der Waals surface area contributed by atoms with Gasteiger partial charge in [-0.05, 0) is 30.0 Å². The molecule has 0 aromatic heterocycles. The molecule has 2 rings (SSSR count). The highest BCUT2D eigenvalue weighted by atomic mass is 16.4. The first kappa shape index (κ1) is 14.4. The third-order valence-electron chi connectivity index (χ3n) is 3.57. The van der Waals surface area contributed by atoms with Gasteiger partial charge in [0.15, 0.2) is 0 Å². The number of hydrogen-bond acceptors (Lipinski definition) is 3. The fraction of sp³-hybridized carbons (Fsp3) is 0.438. The molecule has 4 nitrogen and oxygen atoms in total. The van der Waals surface area contributed by atoms with E-state index in [9.17, 15) is 4.79 Å². The minimum Gasteiger partial charge on any atom is -0.480 e. The van der Waals surface area contributed by atoms with E-state index in [1.807, 2.05) is 0 Å². The molecule has 1 aliphatic heterocycles. The number of benzene rings is 1. The van der Waals surface area contributed by atoms with E-state index in [2.05, 4.69) is 36.1 Å². The number of terminal acetylenes is 1. The molecule has 0 amide bonds. The van der Waals surface area contributed by atoms with Crippen LogP contribution < -0.4 is 4.90 Å². The number of carbonyl (C=O) groups is 1. The lowest BCUT2D eigenvalue weighted by Gasteiger charge is -2.28. The lowest BCUT2D eigenvalue weighted by atomic mass is 9.99. The molecule has 1 heterocycles. The van der Waals surface area contributed by atoms with Crippen LogP contribution in [0.5, 0.6) is 0 Å². The zero-order valence-corrected chi connectivity index (χ0v) is 11.8. The fourth-order valence-corrected chi connectivity index (χ4v) is 2.68. The second-order valence-electron chi connectivity index (χ2n) is 5.23. The van der Waals surface area contributed by atoms with Crippen LogP contribution in [0.25, 0.3) is 0 Å². The second kappa shape index (κ2) is 6.44. The van der Waals surface area contributed by atoms with Gasteiger partial charge in [-0.2, -0.15) is 0 Å². The van der Waals surface area contributed by atoms with Gasteiger partial charge in [0, 0.05) is 25.8 Å². The van der Waals surface area contributed by atoms with Gasteiger partial charge in [-0.1, -0.05) is 18.1 Å². The molecule has 4 heteroatoms. The number of hydrogen-bond donors (Lipinski definition) is 1. The molecule has 20 heavy (non-hydrogen) atoms. The summed E-state index contributed by atoms with van der Waals surface area (Å²) in [5, 5.41) is 8.90. The van der Waals surface area contributed by atoms with E-state index >= 15 is 0 Å². The van der Waals surface area contributed by atoms with Gasteiger partial charge in [0.1, 0.15) is 0 Å². The second-order valence-corrected chi connectivity index (χ2v) is 5.23. The van der Waals surface area contributed by atoms with Crippen molar-refractivity contribution in [3.63, 3.8) is 0 Å². The Labute approximate surface area is 120 Å². The van der Waals surface area contributed by atoms with E-state index in [1.165, 1.54) is 11.3 Å². The maximum atomic E-state index is 10.8. The smallest absolute Gasteiger partial charge is 0.317 e. The molecule has 0 unspecified atom stereocenters. The summed E-state index contributed by atoms with van der Waals surface area (Å²) in [5.41, 5.74) is 3.74. The summed E-state index contributed by atoms with van der Waals surface area (Å²) >= 11 is 0. The first-order valence-electron chi connectivity index (χ1n) is 6.80. The van der Waals surface area contributed by atoms with E-state index in [0.29, 0.717) is 13.1 Å². The van der Waals surface area contributed by atoms with Crippen LogP contribution >= 0.6 is 0 Å². The summed E-state index contributed by atoms with van der Waals surface area (Å²) in [7, 11) is 2.10. The topological polar surface area (TPSA) is 43.8 Å². The molecule has 1 aliphatic rings. The number of fused-ring (bicyclic) bond motifs is 1. The Balaban J connectivity index is 2.12. The third-order valence-corrected chi connectivity index (χ3v) is 3.57. The molecule has 0 radical (unpaired) electrons. The van der Waals surface area contributed by atoms with Crippen molar-refractivity contribution >= 4 is 11.7 Å². The maximum Gasteiger partial charge on any atom is 0.317 e. The third kappa shape index (κ3) is 3.52. The maximum absolute atomic E-state index is 10.8. The number of nitrogens with zero attached hydrogens (tertiary/aromatic N) is 2. The molecule has 0 saturated carbocycles. The van der Waals surface area contributed by atoms with Crippen molar-refractivity contribution in [3.05, 3.63) is 29.3 Å². The van der Waals surface area contributed by atoms with E-state index in [1.54, 1.807) is 4.90 Å². The first-order valence-corrected chi connectivity index (χ1v) is 6.80. The molecule has 0 bridgehead atoms. The minimum atomic E-state index is -0.849. The summed E-state index contributed by atoms with van der Waals surface area (Å²) in [5.74, 6) is 1.67. The lowest BCUT2D eigenvalue weighted by molar-refractivity contribution is -0.138. The normalized spacial score (nSPS) is 13.9. The molecule has 0 aliphatic carbocycles. The molecule has 0 spiro atoms. The Morgan fingerprint density at radius 3 is 3.05 bits per heavy atom. The average Bonchev–Trinajstić information content (AvgIpc) is 2.38. The number of carboxylic acids is 1. The SMILES string of the molecule is C#CCN(CC(=O)O)Cc1ccc2c(c1)CCCN2C. The first-order chi connectivity index (χ1) is 9.60. The fourth-order valence-electron chi connectivity index (χ4n) is 2.68. The van der Waals surface area contributed by atoms with Crippen molar-refractivity contribution in [2.75, 3.05) is 31.6 Å². The molecule has 1 aromatic rings. The van der Waals surface area contributed by atoms with Crippen molar-refractivity contribution < 1.29 is 9.90 Å². The van der Waals surface area contributed by atoms with Crippen LogP contribution in [-0.4, -0.2) is 42.7 Å². The van der Waals surface area contributed by atoms with Crippen LogP contribution in [0, 0.1) is 12.3 Å². The Morgan fingerprint density at radius 1 is 1.55 bits per heavy atom. The summed E-state index contributed by atoms with van der Waals surface area (Å²) in [6.07, 6.45) is 7.54. The predicted molar refractivity (Wildman–Crippen MR) is 79.8 cm³/mol. The highest BCUT2D eigenvalue weighted by molar-refractivity contribution is 5.69. The van der Waals surface area contributed by atoms with Crippen molar-refractivity contribution in [1.82, 2.24) is 4.90 Å². The van der Waals surface area contributed by atoms with Gasteiger partial charge < -0.3 is 10.0 Å². The summed E-state index contributed by atoms with van der Waals surface area (Å²) in [4.78, 5) is 14.9. The quantitative estimate of drug-likeness (QED) is 0.827. The Kier molecular flexibility index (Phi) is 4.65. The molecular formula is C16H20N2O2. The van der Waals surface area contributed by atoms with Gasteiger partial charge in [0.05, 0.1) is 13.1 Å². The van der Waals surface area contributed by atoms with Crippen molar-refractivity contribution in [1.29, 1.82) is 0 Å². The van der Waals surface area contributed by atoms with Gasteiger partial charge in [-0.3, -0.25) is 9.69 Å². The molecular weight excluding hydrogens is 252 g/mol. The van der Waals surface area contributed by atoms with Crippen LogP contribution in [-0.2, 0) is 17.8 Å². The largest absolute Gasteiger partial charge is 0.480 e. The highest BCUT2D eigenvalue weighted by Crippen LogP contribution is 2.27. The Bertz CT molecular complexity index is 534. The average molecular weight is 272 g/mol. The van der Waals surface area contributed by atoms with Crippen LogP contribution in [0.15, 0.2) is 18.2 Å². The number of rotatable bonds is 5. The molecule has 1 aromatic carbocycles. The monoisotopic (exact) mass is 272 g/mol. The molecule has 106 valence electrons. The number of aliphatic carboxylic acids is 1. The standard InChI is InChI=1S/C16H20N2O2/c1-3-8-18(12-16(19)20)11-13-6-7-15-14(10-13)5-4-9-17(15)2/h1,6-7,10H,4-5,8-9,11-12H2,2H3,(H,19,20).